The highest BCUT2D eigenvalue weighted by Gasteiger charge is 2.48. The van der Waals surface area contributed by atoms with Gasteiger partial charge in [0.15, 0.2) is 0 Å². The first-order chi connectivity index (χ1) is 12.7. The molecule has 0 spiro atoms. The summed E-state index contributed by atoms with van der Waals surface area (Å²) in [4.78, 5) is 0. The number of hydrogen-bond acceptors (Lipinski definition) is 4. The van der Waals surface area contributed by atoms with Crippen LogP contribution >= 0.6 is 20.1 Å². The molecule has 2 aromatic carbocycles. The quantitative estimate of drug-likeness (QED) is 0.583. The fourth-order valence-electron chi connectivity index (χ4n) is 3.36. The van der Waals surface area contributed by atoms with Gasteiger partial charge in [0.25, 0.3) is 0 Å². The van der Waals surface area contributed by atoms with Crippen molar-refractivity contribution >= 4 is 20.1 Å². The predicted molar refractivity (Wildman–Crippen MR) is 110 cm³/mol. The lowest BCUT2D eigenvalue weighted by Gasteiger charge is -2.43. The van der Waals surface area contributed by atoms with Crippen molar-refractivity contribution in [3.63, 3.8) is 0 Å². The van der Waals surface area contributed by atoms with E-state index in [2.05, 4.69) is 48.5 Å². The lowest BCUT2D eigenvalue weighted by Crippen LogP contribution is -2.35. The molecule has 2 unspecified atom stereocenters. The van der Waals surface area contributed by atoms with Gasteiger partial charge in [-0.25, -0.2) is 0 Å². The molecule has 1 saturated heterocycles. The van der Waals surface area contributed by atoms with Gasteiger partial charge >= 0.3 is 0 Å². The molecule has 3 nitrogen and oxygen atoms in total. The molecule has 2 aromatic rings. The third-order valence-electron chi connectivity index (χ3n) is 4.53. The zero-order chi connectivity index (χ0) is 18.4. The van der Waals surface area contributed by atoms with Crippen LogP contribution in [-0.4, -0.2) is 23.7 Å². The van der Waals surface area contributed by atoms with E-state index in [4.69, 9.17) is 9.05 Å². The van der Waals surface area contributed by atoms with E-state index in [9.17, 15) is 5.11 Å². The molecular formula is C21H27O3PS. The van der Waals surface area contributed by atoms with E-state index < -0.39 is 13.7 Å². The molecule has 26 heavy (non-hydrogen) atoms. The van der Waals surface area contributed by atoms with Crippen LogP contribution in [0.15, 0.2) is 60.7 Å². The Morgan fingerprint density at radius 1 is 0.885 bits per heavy atom. The summed E-state index contributed by atoms with van der Waals surface area (Å²) in [6, 6.07) is 20.9. The Kier molecular flexibility index (Phi) is 7.13. The van der Waals surface area contributed by atoms with E-state index in [1.54, 1.807) is 0 Å². The lowest BCUT2D eigenvalue weighted by molar-refractivity contribution is 0.0686. The minimum absolute atomic E-state index is 0.214. The molecule has 0 amide bonds. The first-order valence-corrected chi connectivity index (χ1v) is 11.3. The number of rotatable bonds is 7. The molecule has 3 rings (SSSR count). The standard InChI is InChI=1S/C21H27O3PS/c1-3-23-25(24-4-2)21(22)15-19(17-11-7-5-8-12-17)26-20(16-21)18-13-9-6-10-14-18/h5-14,19-20,22H,3-4,15-16H2,1-2H3. The Morgan fingerprint density at radius 2 is 1.31 bits per heavy atom. The van der Waals surface area contributed by atoms with E-state index in [1.807, 2.05) is 37.7 Å². The topological polar surface area (TPSA) is 38.7 Å². The minimum atomic E-state index is -1.35. The van der Waals surface area contributed by atoms with Gasteiger partial charge in [-0.3, -0.25) is 0 Å². The summed E-state index contributed by atoms with van der Waals surface area (Å²) in [6.45, 7) is 5.01. The van der Waals surface area contributed by atoms with Crippen molar-refractivity contribution in [2.75, 3.05) is 13.2 Å². The minimum Gasteiger partial charge on any atom is -0.380 e. The summed E-state index contributed by atoms with van der Waals surface area (Å²) in [5.41, 5.74) is 2.50. The summed E-state index contributed by atoms with van der Waals surface area (Å²) in [6.07, 6.45) is 1.30. The molecule has 1 aliphatic rings. The number of hydrogen-bond donors (Lipinski definition) is 1. The molecule has 0 aromatic heterocycles. The molecular weight excluding hydrogens is 363 g/mol. The van der Waals surface area contributed by atoms with Crippen LogP contribution in [-0.2, 0) is 9.05 Å². The number of benzene rings is 2. The maximum absolute atomic E-state index is 11.6. The third kappa shape index (κ3) is 4.68. The molecule has 0 bridgehead atoms. The normalized spacial score (nSPS) is 26.2. The molecule has 0 aliphatic carbocycles. The Morgan fingerprint density at radius 3 is 1.69 bits per heavy atom. The summed E-state index contributed by atoms with van der Waals surface area (Å²) in [5.74, 6) is 0. The van der Waals surface area contributed by atoms with Gasteiger partial charge in [0.05, 0.1) is 13.2 Å². The highest BCUT2D eigenvalue weighted by atomic mass is 32.2. The van der Waals surface area contributed by atoms with Crippen LogP contribution in [0.2, 0.25) is 0 Å². The van der Waals surface area contributed by atoms with Crippen molar-refractivity contribution in [2.45, 2.75) is 42.5 Å². The van der Waals surface area contributed by atoms with Crippen LogP contribution in [0.4, 0.5) is 0 Å². The maximum Gasteiger partial charge on any atom is 0.204 e. The Balaban J connectivity index is 1.93. The van der Waals surface area contributed by atoms with Gasteiger partial charge in [0, 0.05) is 23.3 Å². The Hall–Kier alpha value is -0.900. The third-order valence-corrected chi connectivity index (χ3v) is 8.09. The van der Waals surface area contributed by atoms with Crippen molar-refractivity contribution in [2.24, 2.45) is 0 Å². The van der Waals surface area contributed by atoms with Crippen molar-refractivity contribution in [3.8, 4) is 0 Å². The fraction of sp³-hybridized carbons (Fsp3) is 0.429. The monoisotopic (exact) mass is 390 g/mol. The first-order valence-electron chi connectivity index (χ1n) is 9.20. The highest BCUT2D eigenvalue weighted by molar-refractivity contribution is 7.99. The highest BCUT2D eigenvalue weighted by Crippen LogP contribution is 2.64. The fourth-order valence-corrected chi connectivity index (χ4v) is 7.06. The predicted octanol–water partition coefficient (Wildman–Crippen LogP) is 6.07. The van der Waals surface area contributed by atoms with Crippen molar-refractivity contribution in [1.82, 2.24) is 0 Å². The van der Waals surface area contributed by atoms with Gasteiger partial charge in [-0.1, -0.05) is 60.7 Å². The van der Waals surface area contributed by atoms with Gasteiger partial charge < -0.3 is 14.2 Å². The van der Waals surface area contributed by atoms with Gasteiger partial charge in [-0.15, -0.1) is 11.8 Å². The molecule has 2 atom stereocenters. The summed E-state index contributed by atoms with van der Waals surface area (Å²) < 4.78 is 11.8. The molecule has 0 saturated carbocycles. The SMILES string of the molecule is CCOP(OCC)C1(O)CC(c2ccccc2)SC(c2ccccc2)C1. The van der Waals surface area contributed by atoms with Crippen LogP contribution in [0, 0.1) is 0 Å². The molecule has 5 heteroatoms. The zero-order valence-corrected chi connectivity index (χ0v) is 17.1. The van der Waals surface area contributed by atoms with E-state index >= 15 is 0 Å². The van der Waals surface area contributed by atoms with Crippen LogP contribution in [0.25, 0.3) is 0 Å². The van der Waals surface area contributed by atoms with Gasteiger partial charge in [0.1, 0.15) is 5.34 Å². The van der Waals surface area contributed by atoms with E-state index in [1.165, 1.54) is 11.1 Å². The Labute approximate surface area is 162 Å². The molecule has 1 fully saturated rings. The number of aliphatic hydroxyl groups is 1. The average molecular weight is 390 g/mol. The van der Waals surface area contributed by atoms with Gasteiger partial charge in [0.2, 0.25) is 8.38 Å². The first kappa shape index (κ1) is 19.9. The molecule has 140 valence electrons. The number of thioether (sulfide) groups is 1. The van der Waals surface area contributed by atoms with Crippen LogP contribution in [0.1, 0.15) is 48.3 Å². The van der Waals surface area contributed by atoms with Crippen molar-refractivity contribution < 1.29 is 14.2 Å². The Bertz CT molecular complexity index is 614. The van der Waals surface area contributed by atoms with Crippen molar-refractivity contribution in [1.29, 1.82) is 0 Å². The van der Waals surface area contributed by atoms with Crippen LogP contribution in [0.5, 0.6) is 0 Å². The molecule has 1 N–H and O–H groups in total. The largest absolute Gasteiger partial charge is 0.380 e. The maximum atomic E-state index is 11.6. The van der Waals surface area contributed by atoms with Crippen LogP contribution in [0.3, 0.4) is 0 Å². The smallest absolute Gasteiger partial charge is 0.204 e. The molecule has 0 radical (unpaired) electrons. The molecule has 1 heterocycles. The second-order valence-corrected chi connectivity index (χ2v) is 9.69. The van der Waals surface area contributed by atoms with E-state index in [0.29, 0.717) is 26.1 Å². The van der Waals surface area contributed by atoms with E-state index in [-0.39, 0.29) is 10.5 Å². The summed E-state index contributed by atoms with van der Waals surface area (Å²) in [7, 11) is -1.35. The summed E-state index contributed by atoms with van der Waals surface area (Å²) >= 11 is 1.93. The van der Waals surface area contributed by atoms with E-state index in [0.717, 1.165) is 0 Å². The van der Waals surface area contributed by atoms with Crippen LogP contribution < -0.4 is 0 Å². The molecule has 1 aliphatic heterocycles. The van der Waals surface area contributed by atoms with Gasteiger partial charge in [-0.2, -0.15) is 0 Å². The van der Waals surface area contributed by atoms with Crippen molar-refractivity contribution in [3.05, 3.63) is 71.8 Å². The van der Waals surface area contributed by atoms with Gasteiger partial charge in [-0.05, 0) is 25.0 Å². The average Bonchev–Trinajstić information content (AvgIpc) is 2.69. The lowest BCUT2D eigenvalue weighted by atomic mass is 9.98. The summed E-state index contributed by atoms with van der Waals surface area (Å²) in [5, 5.41) is 11.1. The second kappa shape index (κ2) is 9.34. The second-order valence-electron chi connectivity index (χ2n) is 6.42. The zero-order valence-electron chi connectivity index (χ0n) is 15.4.